The lowest BCUT2D eigenvalue weighted by Gasteiger charge is -2.28. The van der Waals surface area contributed by atoms with E-state index in [0.717, 1.165) is 54.3 Å². The number of hydrogen-bond donors (Lipinski definition) is 1. The maximum Gasteiger partial charge on any atom is 0.135 e. The molecular formula is C18H22N6O. The van der Waals surface area contributed by atoms with Crippen LogP contribution in [0.1, 0.15) is 19.9 Å². The van der Waals surface area contributed by atoms with Gasteiger partial charge in [0, 0.05) is 37.2 Å². The van der Waals surface area contributed by atoms with Crippen molar-refractivity contribution in [2.75, 3.05) is 36.9 Å². The fourth-order valence-electron chi connectivity index (χ4n) is 3.25. The zero-order valence-electron chi connectivity index (χ0n) is 14.5. The number of hydrogen-bond acceptors (Lipinski definition) is 6. The second-order valence-electron chi connectivity index (χ2n) is 6.48. The molecule has 4 rings (SSSR count). The molecule has 25 heavy (non-hydrogen) atoms. The van der Waals surface area contributed by atoms with E-state index in [1.54, 1.807) is 6.20 Å². The quantitative estimate of drug-likeness (QED) is 0.790. The van der Waals surface area contributed by atoms with Gasteiger partial charge in [0.2, 0.25) is 0 Å². The highest BCUT2D eigenvalue weighted by Gasteiger charge is 2.19. The van der Waals surface area contributed by atoms with Crippen LogP contribution in [-0.2, 0) is 4.74 Å². The van der Waals surface area contributed by atoms with Gasteiger partial charge in [-0.1, -0.05) is 0 Å². The van der Waals surface area contributed by atoms with Gasteiger partial charge in [-0.05, 0) is 32.0 Å². The Bertz CT molecular complexity index is 898. The number of rotatable bonds is 3. The Hall–Kier alpha value is -2.67. The second kappa shape index (κ2) is 6.33. The minimum absolute atomic E-state index is 0.223. The standard InChI is InChI=1S/C18H22N6O/c1-12(2)24-15-4-6-21-18(19)16(15)17(22-24)14-11-13(3-5-20-14)23-7-9-25-10-8-23/h3-6,11-12H,7-10H2,1-2H3,(H2,19,21). The molecule has 0 aliphatic carbocycles. The molecule has 0 atom stereocenters. The van der Waals surface area contributed by atoms with Gasteiger partial charge in [0.15, 0.2) is 0 Å². The molecule has 0 bridgehead atoms. The zero-order chi connectivity index (χ0) is 17.4. The number of nitrogens with zero attached hydrogens (tertiary/aromatic N) is 5. The van der Waals surface area contributed by atoms with Crippen LogP contribution < -0.4 is 10.6 Å². The van der Waals surface area contributed by atoms with Crippen molar-refractivity contribution in [3.05, 3.63) is 30.6 Å². The Morgan fingerprint density at radius 3 is 2.64 bits per heavy atom. The van der Waals surface area contributed by atoms with Crippen molar-refractivity contribution in [2.45, 2.75) is 19.9 Å². The average molecular weight is 338 g/mol. The van der Waals surface area contributed by atoms with Crippen LogP contribution >= 0.6 is 0 Å². The molecule has 1 fully saturated rings. The van der Waals surface area contributed by atoms with Gasteiger partial charge < -0.3 is 15.4 Å². The van der Waals surface area contributed by atoms with E-state index in [-0.39, 0.29) is 6.04 Å². The predicted octanol–water partition coefficient (Wildman–Crippen LogP) is 2.49. The molecule has 0 spiro atoms. The first kappa shape index (κ1) is 15.8. The number of anilines is 2. The largest absolute Gasteiger partial charge is 0.383 e. The van der Waals surface area contributed by atoms with Crippen LogP contribution in [0.25, 0.3) is 22.3 Å². The van der Waals surface area contributed by atoms with Crippen LogP contribution in [0.3, 0.4) is 0 Å². The monoisotopic (exact) mass is 338 g/mol. The molecule has 0 aromatic carbocycles. The minimum Gasteiger partial charge on any atom is -0.383 e. The first-order valence-electron chi connectivity index (χ1n) is 8.57. The fourth-order valence-corrected chi connectivity index (χ4v) is 3.25. The van der Waals surface area contributed by atoms with Gasteiger partial charge >= 0.3 is 0 Å². The summed E-state index contributed by atoms with van der Waals surface area (Å²) in [5, 5.41) is 5.66. The molecule has 2 N–H and O–H groups in total. The van der Waals surface area contributed by atoms with Gasteiger partial charge in [-0.25, -0.2) is 4.98 Å². The zero-order valence-corrected chi connectivity index (χ0v) is 14.5. The molecule has 4 heterocycles. The normalized spacial score (nSPS) is 15.2. The fraction of sp³-hybridized carbons (Fsp3) is 0.389. The Kier molecular flexibility index (Phi) is 4.01. The topological polar surface area (TPSA) is 82.1 Å². The highest BCUT2D eigenvalue weighted by molar-refractivity contribution is 5.99. The van der Waals surface area contributed by atoms with Crippen molar-refractivity contribution in [3.8, 4) is 11.4 Å². The molecule has 0 unspecified atom stereocenters. The SMILES string of the molecule is CC(C)n1nc(-c2cc(N3CCOCC3)ccn2)c2c(N)nccc21. The summed E-state index contributed by atoms with van der Waals surface area (Å²) in [6, 6.07) is 6.27. The van der Waals surface area contributed by atoms with Crippen molar-refractivity contribution in [1.29, 1.82) is 0 Å². The second-order valence-corrected chi connectivity index (χ2v) is 6.48. The number of ether oxygens (including phenoxy) is 1. The summed E-state index contributed by atoms with van der Waals surface area (Å²) in [5.41, 5.74) is 9.87. The molecule has 7 nitrogen and oxygen atoms in total. The molecule has 1 aliphatic heterocycles. The van der Waals surface area contributed by atoms with Crippen molar-refractivity contribution < 1.29 is 4.74 Å². The van der Waals surface area contributed by atoms with E-state index in [9.17, 15) is 0 Å². The van der Waals surface area contributed by atoms with Gasteiger partial charge in [0.25, 0.3) is 0 Å². The summed E-state index contributed by atoms with van der Waals surface area (Å²) in [7, 11) is 0. The maximum atomic E-state index is 6.17. The van der Waals surface area contributed by atoms with E-state index >= 15 is 0 Å². The van der Waals surface area contributed by atoms with E-state index in [1.807, 2.05) is 23.0 Å². The predicted molar refractivity (Wildman–Crippen MR) is 98.6 cm³/mol. The molecule has 0 radical (unpaired) electrons. The summed E-state index contributed by atoms with van der Waals surface area (Å²) in [4.78, 5) is 11.1. The molecule has 3 aromatic rings. The number of fused-ring (bicyclic) bond motifs is 1. The summed E-state index contributed by atoms with van der Waals surface area (Å²) in [6.45, 7) is 7.47. The van der Waals surface area contributed by atoms with Gasteiger partial charge in [-0.3, -0.25) is 9.67 Å². The Morgan fingerprint density at radius 1 is 1.12 bits per heavy atom. The number of nitrogen functional groups attached to an aromatic ring is 1. The van der Waals surface area contributed by atoms with Crippen LogP contribution in [0.5, 0.6) is 0 Å². The first-order valence-corrected chi connectivity index (χ1v) is 8.57. The van der Waals surface area contributed by atoms with E-state index < -0.39 is 0 Å². The molecule has 0 saturated carbocycles. The smallest absolute Gasteiger partial charge is 0.135 e. The summed E-state index contributed by atoms with van der Waals surface area (Å²) >= 11 is 0. The van der Waals surface area contributed by atoms with E-state index in [2.05, 4.69) is 34.8 Å². The number of nitrogens with two attached hydrogens (primary N) is 1. The average Bonchev–Trinajstić information content (AvgIpc) is 3.04. The van der Waals surface area contributed by atoms with Crippen molar-refractivity contribution in [1.82, 2.24) is 19.7 Å². The van der Waals surface area contributed by atoms with Gasteiger partial charge in [-0.2, -0.15) is 5.10 Å². The van der Waals surface area contributed by atoms with Gasteiger partial charge in [0.05, 0.1) is 29.8 Å². The third-order valence-electron chi connectivity index (χ3n) is 4.50. The summed E-state index contributed by atoms with van der Waals surface area (Å²) < 4.78 is 7.42. The van der Waals surface area contributed by atoms with Crippen LogP contribution in [-0.4, -0.2) is 46.1 Å². The van der Waals surface area contributed by atoms with Crippen molar-refractivity contribution >= 4 is 22.4 Å². The molecule has 3 aromatic heterocycles. The lowest BCUT2D eigenvalue weighted by Crippen LogP contribution is -2.36. The van der Waals surface area contributed by atoms with Gasteiger partial charge in [0.1, 0.15) is 11.5 Å². The van der Waals surface area contributed by atoms with Gasteiger partial charge in [-0.15, -0.1) is 0 Å². The van der Waals surface area contributed by atoms with E-state index in [1.165, 1.54) is 0 Å². The van der Waals surface area contributed by atoms with E-state index in [0.29, 0.717) is 5.82 Å². The maximum absolute atomic E-state index is 6.17. The molecule has 1 saturated heterocycles. The Balaban J connectivity index is 1.84. The molecule has 130 valence electrons. The third-order valence-corrected chi connectivity index (χ3v) is 4.50. The first-order chi connectivity index (χ1) is 12.1. The van der Waals surface area contributed by atoms with Crippen LogP contribution in [0.2, 0.25) is 0 Å². The van der Waals surface area contributed by atoms with Crippen molar-refractivity contribution in [2.24, 2.45) is 0 Å². The van der Waals surface area contributed by atoms with Crippen LogP contribution in [0.4, 0.5) is 11.5 Å². The van der Waals surface area contributed by atoms with Crippen LogP contribution in [0, 0.1) is 0 Å². The Morgan fingerprint density at radius 2 is 1.88 bits per heavy atom. The highest BCUT2D eigenvalue weighted by Crippen LogP contribution is 2.33. The third kappa shape index (κ3) is 2.80. The van der Waals surface area contributed by atoms with Crippen molar-refractivity contribution in [3.63, 3.8) is 0 Å². The lowest BCUT2D eigenvalue weighted by molar-refractivity contribution is 0.122. The number of aromatic nitrogens is 4. The minimum atomic E-state index is 0.223. The number of pyridine rings is 2. The molecule has 1 aliphatic rings. The molecule has 0 amide bonds. The Labute approximate surface area is 146 Å². The number of morpholine rings is 1. The van der Waals surface area contributed by atoms with E-state index in [4.69, 9.17) is 15.6 Å². The lowest BCUT2D eigenvalue weighted by atomic mass is 10.1. The molecular weight excluding hydrogens is 316 g/mol. The molecule has 7 heteroatoms. The van der Waals surface area contributed by atoms with Crippen LogP contribution in [0.15, 0.2) is 30.6 Å². The summed E-state index contributed by atoms with van der Waals surface area (Å²) in [6.07, 6.45) is 3.55. The summed E-state index contributed by atoms with van der Waals surface area (Å²) in [5.74, 6) is 0.484. The highest BCUT2D eigenvalue weighted by atomic mass is 16.5.